The summed E-state index contributed by atoms with van der Waals surface area (Å²) in [5, 5.41) is 8.72. The van der Waals surface area contributed by atoms with Crippen molar-refractivity contribution in [1.29, 1.82) is 0 Å². The van der Waals surface area contributed by atoms with Crippen LogP contribution in [0.25, 0.3) is 11.3 Å². The highest BCUT2D eigenvalue weighted by molar-refractivity contribution is 7.88. The number of aromatic nitrogens is 2. The van der Waals surface area contributed by atoms with Crippen LogP contribution in [0.15, 0.2) is 36.4 Å². The Balaban J connectivity index is 1.69. The standard InChI is InChI=1S/C18H23N3O2S/c1-14-6-3-4-8-17(14)18-10-9-16(19-20-18)12-15-7-5-11-21(13-15)24(2,22)23/h3-4,6,8-10,15H,5,7,11-13H2,1-2H3/t15-/m1/s1. The van der Waals surface area contributed by atoms with Crippen molar-refractivity contribution in [3.63, 3.8) is 0 Å². The second-order valence-corrected chi connectivity index (χ2v) is 8.54. The van der Waals surface area contributed by atoms with E-state index >= 15 is 0 Å². The van der Waals surface area contributed by atoms with E-state index in [-0.39, 0.29) is 0 Å². The molecule has 0 saturated carbocycles. The molecule has 0 spiro atoms. The topological polar surface area (TPSA) is 63.2 Å². The molecule has 24 heavy (non-hydrogen) atoms. The second-order valence-electron chi connectivity index (χ2n) is 6.56. The molecule has 0 unspecified atom stereocenters. The summed E-state index contributed by atoms with van der Waals surface area (Å²) < 4.78 is 25.0. The highest BCUT2D eigenvalue weighted by Crippen LogP contribution is 2.23. The van der Waals surface area contributed by atoms with Crippen molar-refractivity contribution in [2.45, 2.75) is 26.2 Å². The summed E-state index contributed by atoms with van der Waals surface area (Å²) in [6, 6.07) is 12.1. The third-order valence-corrected chi connectivity index (χ3v) is 5.86. The van der Waals surface area contributed by atoms with Gasteiger partial charge in [-0.25, -0.2) is 12.7 Å². The maximum absolute atomic E-state index is 11.7. The minimum Gasteiger partial charge on any atom is -0.213 e. The monoisotopic (exact) mass is 345 g/mol. The molecule has 2 aromatic rings. The van der Waals surface area contributed by atoms with Crippen molar-refractivity contribution in [2.24, 2.45) is 5.92 Å². The fourth-order valence-electron chi connectivity index (χ4n) is 3.26. The van der Waals surface area contributed by atoms with Crippen molar-refractivity contribution in [3.05, 3.63) is 47.7 Å². The van der Waals surface area contributed by atoms with Crippen LogP contribution in [-0.4, -0.2) is 42.3 Å². The molecule has 1 aliphatic heterocycles. The molecular weight excluding hydrogens is 322 g/mol. The average Bonchev–Trinajstić information content (AvgIpc) is 2.56. The van der Waals surface area contributed by atoms with Crippen LogP contribution in [0, 0.1) is 12.8 Å². The van der Waals surface area contributed by atoms with Gasteiger partial charge in [0.15, 0.2) is 0 Å². The van der Waals surface area contributed by atoms with E-state index in [0.717, 1.165) is 36.2 Å². The number of benzene rings is 1. The van der Waals surface area contributed by atoms with Gasteiger partial charge in [-0.15, -0.1) is 0 Å². The van der Waals surface area contributed by atoms with Gasteiger partial charge >= 0.3 is 0 Å². The molecule has 128 valence electrons. The van der Waals surface area contributed by atoms with Gasteiger partial charge in [0.05, 0.1) is 17.6 Å². The lowest BCUT2D eigenvalue weighted by atomic mass is 9.94. The average molecular weight is 345 g/mol. The van der Waals surface area contributed by atoms with Gasteiger partial charge < -0.3 is 0 Å². The van der Waals surface area contributed by atoms with E-state index in [1.165, 1.54) is 11.8 Å². The Kier molecular flexibility index (Phi) is 4.96. The summed E-state index contributed by atoms with van der Waals surface area (Å²) >= 11 is 0. The fourth-order valence-corrected chi connectivity index (χ4v) is 4.21. The summed E-state index contributed by atoms with van der Waals surface area (Å²) in [4.78, 5) is 0. The molecule has 0 N–H and O–H groups in total. The highest BCUT2D eigenvalue weighted by Gasteiger charge is 2.26. The SMILES string of the molecule is Cc1ccccc1-c1ccc(C[C@H]2CCCN(S(C)(=O)=O)C2)nn1. The normalized spacial score (nSPS) is 19.3. The molecule has 5 nitrogen and oxygen atoms in total. The van der Waals surface area contributed by atoms with Crippen molar-refractivity contribution >= 4 is 10.0 Å². The first-order valence-electron chi connectivity index (χ1n) is 8.27. The van der Waals surface area contributed by atoms with E-state index in [1.807, 2.05) is 30.3 Å². The van der Waals surface area contributed by atoms with Gasteiger partial charge in [0, 0.05) is 18.7 Å². The van der Waals surface area contributed by atoms with Gasteiger partial charge in [-0.05, 0) is 49.8 Å². The molecule has 2 heterocycles. The first-order chi connectivity index (χ1) is 11.4. The number of piperidine rings is 1. The Bertz CT molecular complexity index is 803. The minimum atomic E-state index is -3.10. The number of hydrogen-bond donors (Lipinski definition) is 0. The molecule has 1 aliphatic rings. The van der Waals surface area contributed by atoms with Gasteiger partial charge in [0.1, 0.15) is 0 Å². The van der Waals surface area contributed by atoms with Crippen LogP contribution in [-0.2, 0) is 16.4 Å². The van der Waals surface area contributed by atoms with Crippen LogP contribution in [0.1, 0.15) is 24.1 Å². The molecule has 1 fully saturated rings. The molecule has 0 bridgehead atoms. The highest BCUT2D eigenvalue weighted by atomic mass is 32.2. The van der Waals surface area contributed by atoms with Crippen LogP contribution in [0.5, 0.6) is 0 Å². The summed E-state index contributed by atoms with van der Waals surface area (Å²) in [6.07, 6.45) is 4.00. The van der Waals surface area contributed by atoms with Crippen molar-refractivity contribution < 1.29 is 8.42 Å². The predicted octanol–water partition coefficient (Wildman–Crippen LogP) is 2.67. The van der Waals surface area contributed by atoms with Crippen LogP contribution in [0.4, 0.5) is 0 Å². The Morgan fingerprint density at radius 3 is 2.62 bits per heavy atom. The molecule has 1 saturated heterocycles. The van der Waals surface area contributed by atoms with Crippen LogP contribution >= 0.6 is 0 Å². The lowest BCUT2D eigenvalue weighted by Crippen LogP contribution is -2.39. The molecule has 0 radical (unpaired) electrons. The molecule has 1 aromatic heterocycles. The van der Waals surface area contributed by atoms with E-state index in [2.05, 4.69) is 23.2 Å². The van der Waals surface area contributed by atoms with E-state index in [1.54, 1.807) is 4.31 Å². The first kappa shape index (κ1) is 17.0. The molecule has 1 atom stereocenters. The predicted molar refractivity (Wildman–Crippen MR) is 95.0 cm³/mol. The maximum Gasteiger partial charge on any atom is 0.211 e. The second kappa shape index (κ2) is 6.99. The van der Waals surface area contributed by atoms with E-state index in [9.17, 15) is 8.42 Å². The van der Waals surface area contributed by atoms with E-state index in [4.69, 9.17) is 0 Å². The third kappa shape index (κ3) is 3.99. The Morgan fingerprint density at radius 1 is 1.17 bits per heavy atom. The number of hydrogen-bond acceptors (Lipinski definition) is 4. The zero-order valence-electron chi connectivity index (χ0n) is 14.1. The number of sulfonamides is 1. The third-order valence-electron chi connectivity index (χ3n) is 4.59. The lowest BCUT2D eigenvalue weighted by molar-refractivity contribution is 0.265. The van der Waals surface area contributed by atoms with Crippen molar-refractivity contribution in [3.8, 4) is 11.3 Å². The zero-order valence-corrected chi connectivity index (χ0v) is 15.0. The Morgan fingerprint density at radius 2 is 1.96 bits per heavy atom. The summed E-state index contributed by atoms with van der Waals surface area (Å²) in [5.74, 6) is 0.312. The van der Waals surface area contributed by atoms with Crippen molar-refractivity contribution in [2.75, 3.05) is 19.3 Å². The summed E-state index contributed by atoms with van der Waals surface area (Å²) in [5.41, 5.74) is 4.07. The van der Waals surface area contributed by atoms with Crippen LogP contribution < -0.4 is 0 Å². The molecule has 3 rings (SSSR count). The van der Waals surface area contributed by atoms with Gasteiger partial charge in [0.25, 0.3) is 0 Å². The molecule has 0 aliphatic carbocycles. The Hall–Kier alpha value is -1.79. The fraction of sp³-hybridized carbons (Fsp3) is 0.444. The van der Waals surface area contributed by atoms with E-state index in [0.29, 0.717) is 19.0 Å². The Labute approximate surface area is 143 Å². The quantitative estimate of drug-likeness (QED) is 0.855. The van der Waals surface area contributed by atoms with Crippen LogP contribution in [0.3, 0.4) is 0 Å². The lowest BCUT2D eigenvalue weighted by Gasteiger charge is -2.30. The molecule has 0 amide bonds. The molecular formula is C18H23N3O2S. The molecule has 1 aromatic carbocycles. The van der Waals surface area contributed by atoms with Gasteiger partial charge in [0.2, 0.25) is 10.0 Å². The minimum absolute atomic E-state index is 0.312. The van der Waals surface area contributed by atoms with Gasteiger partial charge in [-0.1, -0.05) is 24.3 Å². The van der Waals surface area contributed by atoms with Gasteiger partial charge in [-0.2, -0.15) is 10.2 Å². The van der Waals surface area contributed by atoms with E-state index < -0.39 is 10.0 Å². The summed E-state index contributed by atoms with van der Waals surface area (Å²) in [7, 11) is -3.10. The van der Waals surface area contributed by atoms with Gasteiger partial charge in [-0.3, -0.25) is 0 Å². The number of nitrogens with zero attached hydrogens (tertiary/aromatic N) is 3. The molecule has 6 heteroatoms. The summed E-state index contributed by atoms with van der Waals surface area (Å²) in [6.45, 7) is 3.28. The maximum atomic E-state index is 11.7. The van der Waals surface area contributed by atoms with Crippen LogP contribution in [0.2, 0.25) is 0 Å². The smallest absolute Gasteiger partial charge is 0.211 e. The largest absolute Gasteiger partial charge is 0.213 e. The zero-order chi connectivity index (χ0) is 17.2. The number of rotatable bonds is 4. The van der Waals surface area contributed by atoms with Crippen molar-refractivity contribution in [1.82, 2.24) is 14.5 Å². The first-order valence-corrected chi connectivity index (χ1v) is 10.1. The number of aryl methyl sites for hydroxylation is 1.